The Labute approximate surface area is 135 Å². The highest BCUT2D eigenvalue weighted by Gasteiger charge is 2.36. The summed E-state index contributed by atoms with van der Waals surface area (Å²) < 4.78 is 13.9. The highest BCUT2D eigenvalue weighted by atomic mass is 19.1. The Morgan fingerprint density at radius 3 is 3.00 bits per heavy atom. The van der Waals surface area contributed by atoms with Gasteiger partial charge in [0.1, 0.15) is 17.7 Å². The fraction of sp³-hybridized carbons (Fsp3) is 0.389. The van der Waals surface area contributed by atoms with Crippen molar-refractivity contribution in [3.05, 3.63) is 41.2 Å². The molecule has 1 saturated carbocycles. The Morgan fingerprint density at radius 1 is 1.43 bits per heavy atom. The van der Waals surface area contributed by atoms with Crippen LogP contribution < -0.4 is 5.32 Å². The number of benzene rings is 1. The maximum Gasteiger partial charge on any atom is 0.211 e. The molecule has 1 heterocycles. The predicted molar refractivity (Wildman–Crippen MR) is 90.5 cm³/mol. The second-order valence-corrected chi connectivity index (χ2v) is 6.19. The van der Waals surface area contributed by atoms with E-state index in [-0.39, 0.29) is 5.69 Å². The number of nitrogens with zero attached hydrogens (tertiary/aromatic N) is 2. The minimum absolute atomic E-state index is 0.177. The van der Waals surface area contributed by atoms with Crippen LogP contribution in [0.25, 0.3) is 0 Å². The van der Waals surface area contributed by atoms with E-state index in [0.29, 0.717) is 6.41 Å². The van der Waals surface area contributed by atoms with Crippen molar-refractivity contribution in [2.24, 2.45) is 15.9 Å². The highest BCUT2D eigenvalue weighted by Crippen LogP contribution is 2.44. The van der Waals surface area contributed by atoms with Gasteiger partial charge in [0.05, 0.1) is 5.69 Å². The minimum Gasteiger partial charge on any atom is -0.326 e. The number of halogens is 1. The van der Waals surface area contributed by atoms with E-state index in [1.54, 1.807) is 24.7 Å². The average Bonchev–Trinajstić information content (AvgIpc) is 3.37. The first kappa shape index (κ1) is 15.6. The van der Waals surface area contributed by atoms with E-state index in [4.69, 9.17) is 4.99 Å². The average molecular weight is 313 g/mol. The maximum atomic E-state index is 13.9. The van der Waals surface area contributed by atoms with Crippen LogP contribution in [0.5, 0.6) is 0 Å². The van der Waals surface area contributed by atoms with E-state index >= 15 is 0 Å². The predicted octanol–water partition coefficient (Wildman–Crippen LogP) is 3.84. The van der Waals surface area contributed by atoms with E-state index in [1.807, 2.05) is 13.0 Å². The molecule has 0 bridgehead atoms. The third-order valence-electron chi connectivity index (χ3n) is 4.68. The van der Waals surface area contributed by atoms with Gasteiger partial charge in [-0.1, -0.05) is 18.9 Å². The summed E-state index contributed by atoms with van der Waals surface area (Å²) in [7, 11) is 0. The van der Waals surface area contributed by atoms with Crippen molar-refractivity contribution in [2.75, 3.05) is 5.32 Å². The number of aliphatic imine (C=N–C) groups is 2. The van der Waals surface area contributed by atoms with Crippen LogP contribution in [0, 0.1) is 11.7 Å². The van der Waals surface area contributed by atoms with Crippen LogP contribution >= 0.6 is 0 Å². The van der Waals surface area contributed by atoms with E-state index in [0.717, 1.165) is 29.9 Å². The molecule has 1 aromatic carbocycles. The molecule has 1 fully saturated rings. The number of amides is 1. The summed E-state index contributed by atoms with van der Waals surface area (Å²) in [6.45, 7) is 2.03. The van der Waals surface area contributed by atoms with E-state index in [1.165, 1.54) is 18.9 Å². The van der Waals surface area contributed by atoms with E-state index in [9.17, 15) is 9.18 Å². The molecule has 1 aromatic rings. The molecule has 1 atom stereocenters. The molecular formula is C18H20FN3O. The van der Waals surface area contributed by atoms with Crippen LogP contribution in [0.4, 0.5) is 10.1 Å². The molecule has 1 amide bonds. The normalized spacial score (nSPS) is 23.3. The molecule has 0 aromatic heterocycles. The topological polar surface area (TPSA) is 53.8 Å². The second-order valence-electron chi connectivity index (χ2n) is 6.19. The molecule has 0 saturated heterocycles. The van der Waals surface area contributed by atoms with Gasteiger partial charge in [-0.05, 0) is 55.0 Å². The van der Waals surface area contributed by atoms with Gasteiger partial charge >= 0.3 is 0 Å². The van der Waals surface area contributed by atoms with Gasteiger partial charge in [-0.25, -0.2) is 9.38 Å². The van der Waals surface area contributed by atoms with Gasteiger partial charge in [-0.2, -0.15) is 0 Å². The molecule has 1 N–H and O–H groups in total. The molecule has 1 aliphatic heterocycles. The lowest BCUT2D eigenvalue weighted by Gasteiger charge is -2.31. The summed E-state index contributed by atoms with van der Waals surface area (Å²) in [4.78, 5) is 19.5. The van der Waals surface area contributed by atoms with Crippen molar-refractivity contribution in [1.29, 1.82) is 0 Å². The molecule has 4 nitrogen and oxygen atoms in total. The summed E-state index contributed by atoms with van der Waals surface area (Å²) in [5, 5.41) is 2.42. The third-order valence-corrected chi connectivity index (χ3v) is 4.68. The quantitative estimate of drug-likeness (QED) is 0.797. The maximum absolute atomic E-state index is 13.9. The van der Waals surface area contributed by atoms with Crippen molar-refractivity contribution in [2.45, 2.75) is 38.1 Å². The zero-order valence-electron chi connectivity index (χ0n) is 13.1. The lowest BCUT2D eigenvalue weighted by molar-refractivity contribution is -0.105. The van der Waals surface area contributed by atoms with Crippen LogP contribution in [-0.2, 0) is 10.3 Å². The van der Waals surface area contributed by atoms with Crippen molar-refractivity contribution < 1.29 is 9.18 Å². The summed E-state index contributed by atoms with van der Waals surface area (Å²) in [5.74, 6) is 0.320. The Morgan fingerprint density at radius 2 is 2.26 bits per heavy atom. The third kappa shape index (κ3) is 3.23. The SMILES string of the molecule is CC1=CC=NC=NC1(CCC1CC1)c1ccc(F)c(NC=O)c1. The lowest BCUT2D eigenvalue weighted by Crippen LogP contribution is -2.26. The molecule has 1 unspecified atom stereocenters. The van der Waals surface area contributed by atoms with Gasteiger partial charge in [-0.3, -0.25) is 9.79 Å². The molecule has 23 heavy (non-hydrogen) atoms. The number of hydrogen-bond donors (Lipinski definition) is 1. The standard InChI is InChI=1S/C18H20FN3O/c1-13-7-9-20-11-22-18(13,8-6-14-2-3-14)15-4-5-16(19)17(10-15)21-12-23/h4-5,7,9-12,14H,2-3,6,8H2,1H3,(H,21,23). The fourth-order valence-corrected chi connectivity index (χ4v) is 3.05. The summed E-state index contributed by atoms with van der Waals surface area (Å²) in [6.07, 6.45) is 10.2. The van der Waals surface area contributed by atoms with Crippen molar-refractivity contribution in [3.8, 4) is 0 Å². The van der Waals surface area contributed by atoms with Gasteiger partial charge in [0.25, 0.3) is 0 Å². The van der Waals surface area contributed by atoms with E-state index < -0.39 is 11.4 Å². The van der Waals surface area contributed by atoms with Gasteiger partial charge in [-0.15, -0.1) is 0 Å². The van der Waals surface area contributed by atoms with Crippen molar-refractivity contribution in [1.82, 2.24) is 0 Å². The number of carbonyl (C=O) groups excluding carboxylic acids is 1. The van der Waals surface area contributed by atoms with Crippen LogP contribution in [0.15, 0.2) is 39.8 Å². The van der Waals surface area contributed by atoms with Crippen molar-refractivity contribution in [3.63, 3.8) is 0 Å². The minimum atomic E-state index is -0.549. The van der Waals surface area contributed by atoms with E-state index in [2.05, 4.69) is 10.3 Å². The number of carbonyl (C=O) groups is 1. The monoisotopic (exact) mass is 313 g/mol. The Balaban J connectivity index is 2.03. The number of allylic oxidation sites excluding steroid dienone is 1. The molecule has 1 aliphatic carbocycles. The van der Waals surface area contributed by atoms with Crippen LogP contribution in [0.2, 0.25) is 0 Å². The Kier molecular flexibility index (Phi) is 4.37. The van der Waals surface area contributed by atoms with Gasteiger partial charge in [0, 0.05) is 6.21 Å². The zero-order chi connectivity index (χ0) is 16.3. The first-order valence-corrected chi connectivity index (χ1v) is 7.90. The summed E-state index contributed by atoms with van der Waals surface area (Å²) in [6, 6.07) is 4.81. The van der Waals surface area contributed by atoms with Gasteiger partial charge < -0.3 is 5.32 Å². The van der Waals surface area contributed by atoms with Crippen LogP contribution in [0.3, 0.4) is 0 Å². The summed E-state index contributed by atoms with van der Waals surface area (Å²) >= 11 is 0. The number of nitrogens with one attached hydrogen (secondary N) is 1. The van der Waals surface area contributed by atoms with Crippen LogP contribution in [-0.4, -0.2) is 19.0 Å². The summed E-state index contributed by atoms with van der Waals surface area (Å²) in [5.41, 5.74) is 1.57. The molecule has 2 aliphatic rings. The number of hydrogen-bond acceptors (Lipinski definition) is 3. The molecule has 0 spiro atoms. The zero-order valence-corrected chi connectivity index (χ0v) is 13.1. The van der Waals surface area contributed by atoms with Gasteiger partial charge in [0.2, 0.25) is 6.41 Å². The fourth-order valence-electron chi connectivity index (χ4n) is 3.05. The van der Waals surface area contributed by atoms with Gasteiger partial charge in [0.15, 0.2) is 0 Å². The lowest BCUT2D eigenvalue weighted by atomic mass is 9.79. The molecule has 5 heteroatoms. The molecule has 120 valence electrons. The molecule has 3 rings (SSSR count). The Hall–Kier alpha value is -2.30. The number of anilines is 1. The molecular weight excluding hydrogens is 293 g/mol. The van der Waals surface area contributed by atoms with Crippen molar-refractivity contribution >= 4 is 24.7 Å². The number of rotatable bonds is 6. The van der Waals surface area contributed by atoms with Crippen LogP contribution in [0.1, 0.15) is 38.2 Å². The smallest absolute Gasteiger partial charge is 0.211 e. The first-order valence-electron chi connectivity index (χ1n) is 7.90. The highest BCUT2D eigenvalue weighted by molar-refractivity contribution is 5.83. The Bertz CT molecular complexity index is 692. The second kappa shape index (κ2) is 6.44. The first-order chi connectivity index (χ1) is 11.2. The largest absolute Gasteiger partial charge is 0.326 e. The molecule has 0 radical (unpaired) electrons.